The zero-order valence-corrected chi connectivity index (χ0v) is 12.5. The fourth-order valence-electron chi connectivity index (χ4n) is 2.27. The van der Waals surface area contributed by atoms with Crippen molar-refractivity contribution in [3.63, 3.8) is 0 Å². The molecule has 0 atom stereocenters. The standard InChI is InChI=1S/C16H16N4O2/c1-3-20-15-12(10-17-20)18-14(16(21)22-4-2)13(19-15)11-8-6-5-7-9-11/h5-10H,3-4H2,1-2H3. The van der Waals surface area contributed by atoms with Crippen LogP contribution in [0.4, 0.5) is 0 Å². The van der Waals surface area contributed by atoms with Gasteiger partial charge in [0.1, 0.15) is 11.2 Å². The second-order valence-electron chi connectivity index (χ2n) is 4.68. The summed E-state index contributed by atoms with van der Waals surface area (Å²) in [5.41, 5.74) is 2.81. The normalized spacial score (nSPS) is 10.8. The average Bonchev–Trinajstić information content (AvgIpc) is 2.96. The number of hydrogen-bond donors (Lipinski definition) is 0. The van der Waals surface area contributed by atoms with Gasteiger partial charge in [-0.1, -0.05) is 30.3 Å². The highest BCUT2D eigenvalue weighted by atomic mass is 16.5. The number of nitrogens with zero attached hydrogens (tertiary/aromatic N) is 4. The number of fused-ring (bicyclic) bond motifs is 1. The van der Waals surface area contributed by atoms with E-state index in [4.69, 9.17) is 4.74 Å². The van der Waals surface area contributed by atoms with Gasteiger partial charge in [0, 0.05) is 12.1 Å². The van der Waals surface area contributed by atoms with E-state index in [-0.39, 0.29) is 5.69 Å². The minimum atomic E-state index is -0.472. The van der Waals surface area contributed by atoms with Gasteiger partial charge in [0.2, 0.25) is 0 Å². The molecule has 22 heavy (non-hydrogen) atoms. The molecule has 0 saturated heterocycles. The van der Waals surface area contributed by atoms with Gasteiger partial charge >= 0.3 is 5.97 Å². The molecule has 0 saturated carbocycles. The summed E-state index contributed by atoms with van der Waals surface area (Å²) in [5, 5.41) is 4.23. The SMILES string of the molecule is CCOC(=O)c1nc2cnn(CC)c2nc1-c1ccccc1. The van der Waals surface area contributed by atoms with Crippen LogP contribution in [0.15, 0.2) is 36.5 Å². The van der Waals surface area contributed by atoms with Gasteiger partial charge in [0.15, 0.2) is 11.3 Å². The Hall–Kier alpha value is -2.76. The largest absolute Gasteiger partial charge is 0.461 e. The first-order valence-corrected chi connectivity index (χ1v) is 7.20. The number of ether oxygens (including phenoxy) is 1. The molecule has 0 aliphatic carbocycles. The molecule has 3 aromatic rings. The Kier molecular flexibility index (Phi) is 3.82. The van der Waals surface area contributed by atoms with Crippen LogP contribution in [0.25, 0.3) is 22.4 Å². The lowest BCUT2D eigenvalue weighted by atomic mass is 10.1. The van der Waals surface area contributed by atoms with Crippen LogP contribution in [0.3, 0.4) is 0 Å². The maximum atomic E-state index is 12.2. The molecular weight excluding hydrogens is 280 g/mol. The molecule has 0 N–H and O–H groups in total. The second kappa shape index (κ2) is 5.93. The molecule has 0 amide bonds. The molecule has 0 radical (unpaired) electrons. The van der Waals surface area contributed by atoms with Crippen LogP contribution in [0.2, 0.25) is 0 Å². The number of aryl methyl sites for hydroxylation is 1. The number of carbonyl (C=O) groups excluding carboxylic acids is 1. The monoisotopic (exact) mass is 296 g/mol. The van der Waals surface area contributed by atoms with E-state index >= 15 is 0 Å². The van der Waals surface area contributed by atoms with Crippen LogP contribution < -0.4 is 0 Å². The molecule has 0 bridgehead atoms. The van der Waals surface area contributed by atoms with Crippen molar-refractivity contribution in [3.05, 3.63) is 42.2 Å². The average molecular weight is 296 g/mol. The minimum Gasteiger partial charge on any atom is -0.461 e. The predicted octanol–water partition coefficient (Wildman–Crippen LogP) is 2.69. The van der Waals surface area contributed by atoms with Crippen molar-refractivity contribution in [2.24, 2.45) is 0 Å². The number of rotatable bonds is 4. The summed E-state index contributed by atoms with van der Waals surface area (Å²) in [6.07, 6.45) is 1.61. The first-order valence-electron chi connectivity index (χ1n) is 7.20. The third kappa shape index (κ3) is 2.43. The maximum Gasteiger partial charge on any atom is 0.359 e. The summed E-state index contributed by atoms with van der Waals surface area (Å²) in [6, 6.07) is 9.49. The van der Waals surface area contributed by atoms with Gasteiger partial charge in [-0.3, -0.25) is 0 Å². The van der Waals surface area contributed by atoms with E-state index in [9.17, 15) is 4.79 Å². The third-order valence-electron chi connectivity index (χ3n) is 3.28. The van der Waals surface area contributed by atoms with Crippen molar-refractivity contribution in [2.45, 2.75) is 20.4 Å². The fraction of sp³-hybridized carbons (Fsp3) is 0.250. The van der Waals surface area contributed by atoms with Crippen LogP contribution in [-0.4, -0.2) is 32.3 Å². The summed E-state index contributed by atoms with van der Waals surface area (Å²) in [5.74, 6) is -0.472. The quantitative estimate of drug-likeness (QED) is 0.692. The van der Waals surface area contributed by atoms with E-state index in [1.807, 2.05) is 37.3 Å². The summed E-state index contributed by atoms with van der Waals surface area (Å²) in [6.45, 7) is 4.73. The maximum absolute atomic E-state index is 12.2. The number of carbonyl (C=O) groups is 1. The Labute approximate surface area is 127 Å². The van der Waals surface area contributed by atoms with Gasteiger partial charge in [-0.25, -0.2) is 19.4 Å². The lowest BCUT2D eigenvalue weighted by molar-refractivity contribution is 0.0520. The van der Waals surface area contributed by atoms with Crippen molar-refractivity contribution in [1.29, 1.82) is 0 Å². The first-order chi connectivity index (χ1) is 10.7. The Bertz CT molecular complexity index is 812. The van der Waals surface area contributed by atoms with Crippen molar-refractivity contribution in [2.75, 3.05) is 6.61 Å². The Morgan fingerprint density at radius 1 is 1.18 bits per heavy atom. The lowest BCUT2D eigenvalue weighted by Crippen LogP contribution is -2.11. The number of esters is 1. The number of hydrogen-bond acceptors (Lipinski definition) is 5. The highest BCUT2D eigenvalue weighted by Crippen LogP contribution is 2.23. The van der Waals surface area contributed by atoms with Crippen LogP contribution in [0.5, 0.6) is 0 Å². The molecule has 2 aromatic heterocycles. The third-order valence-corrected chi connectivity index (χ3v) is 3.28. The Balaban J connectivity index is 2.25. The van der Waals surface area contributed by atoms with Crippen molar-refractivity contribution >= 4 is 17.1 Å². The van der Waals surface area contributed by atoms with Crippen molar-refractivity contribution < 1.29 is 9.53 Å². The smallest absolute Gasteiger partial charge is 0.359 e. The first kappa shape index (κ1) is 14.2. The topological polar surface area (TPSA) is 69.9 Å². The molecule has 0 fully saturated rings. The lowest BCUT2D eigenvalue weighted by Gasteiger charge is -2.08. The van der Waals surface area contributed by atoms with E-state index < -0.39 is 5.97 Å². The van der Waals surface area contributed by atoms with E-state index in [1.165, 1.54) is 0 Å². The summed E-state index contributed by atoms with van der Waals surface area (Å²) >= 11 is 0. The zero-order chi connectivity index (χ0) is 15.5. The summed E-state index contributed by atoms with van der Waals surface area (Å²) < 4.78 is 6.86. The summed E-state index contributed by atoms with van der Waals surface area (Å²) in [7, 11) is 0. The van der Waals surface area contributed by atoms with Gasteiger partial charge in [-0.15, -0.1) is 0 Å². The van der Waals surface area contributed by atoms with Gasteiger partial charge in [0.05, 0.1) is 12.8 Å². The minimum absolute atomic E-state index is 0.219. The van der Waals surface area contributed by atoms with Crippen LogP contribution in [-0.2, 0) is 11.3 Å². The van der Waals surface area contributed by atoms with E-state index in [1.54, 1.807) is 17.8 Å². The van der Waals surface area contributed by atoms with Gasteiger partial charge in [-0.05, 0) is 13.8 Å². The van der Waals surface area contributed by atoms with Gasteiger partial charge in [-0.2, -0.15) is 5.10 Å². The molecule has 3 rings (SSSR count). The molecule has 6 heteroatoms. The van der Waals surface area contributed by atoms with Crippen LogP contribution in [0, 0.1) is 0 Å². The highest BCUT2D eigenvalue weighted by Gasteiger charge is 2.20. The fourth-order valence-corrected chi connectivity index (χ4v) is 2.27. The molecule has 6 nitrogen and oxygen atoms in total. The van der Waals surface area contributed by atoms with Crippen LogP contribution >= 0.6 is 0 Å². The molecule has 2 heterocycles. The number of aromatic nitrogens is 4. The molecule has 1 aromatic carbocycles. The number of benzene rings is 1. The molecule has 0 spiro atoms. The van der Waals surface area contributed by atoms with Crippen molar-refractivity contribution in [3.8, 4) is 11.3 Å². The molecular formula is C16H16N4O2. The zero-order valence-electron chi connectivity index (χ0n) is 12.5. The molecule has 0 unspecified atom stereocenters. The highest BCUT2D eigenvalue weighted by molar-refractivity contribution is 5.96. The van der Waals surface area contributed by atoms with E-state index in [2.05, 4.69) is 15.1 Å². The van der Waals surface area contributed by atoms with Crippen molar-refractivity contribution in [1.82, 2.24) is 19.7 Å². The molecule has 0 aliphatic heterocycles. The Morgan fingerprint density at radius 3 is 2.64 bits per heavy atom. The summed E-state index contributed by atoms with van der Waals surface area (Å²) in [4.78, 5) is 21.2. The Morgan fingerprint density at radius 2 is 1.95 bits per heavy atom. The van der Waals surface area contributed by atoms with E-state index in [0.29, 0.717) is 30.0 Å². The van der Waals surface area contributed by atoms with Crippen LogP contribution in [0.1, 0.15) is 24.3 Å². The molecule has 112 valence electrons. The van der Waals surface area contributed by atoms with Gasteiger partial charge in [0.25, 0.3) is 0 Å². The van der Waals surface area contributed by atoms with Gasteiger partial charge < -0.3 is 4.74 Å². The van der Waals surface area contributed by atoms with E-state index in [0.717, 1.165) is 5.56 Å². The molecule has 0 aliphatic rings. The second-order valence-corrected chi connectivity index (χ2v) is 4.68. The predicted molar refractivity (Wildman–Crippen MR) is 82.4 cm³/mol.